The number of rotatable bonds is 4. The highest BCUT2D eigenvalue weighted by Gasteiger charge is 2.08. The maximum absolute atomic E-state index is 6.08. The van der Waals surface area contributed by atoms with Crippen molar-refractivity contribution < 1.29 is 4.74 Å². The van der Waals surface area contributed by atoms with Crippen LogP contribution in [-0.2, 0) is 6.54 Å². The van der Waals surface area contributed by atoms with Crippen LogP contribution in [0.1, 0.15) is 12.5 Å². The number of anilines is 1. The van der Waals surface area contributed by atoms with Crippen LogP contribution in [0.5, 0.6) is 5.75 Å². The Bertz CT molecular complexity index is 538. The molecule has 0 atom stereocenters. The summed E-state index contributed by atoms with van der Waals surface area (Å²) < 4.78 is 5.62. The largest absolute Gasteiger partial charge is 0.493 e. The molecule has 2 aromatic rings. The van der Waals surface area contributed by atoms with Gasteiger partial charge in [0.2, 0.25) is 0 Å². The molecule has 0 heterocycles. The maximum atomic E-state index is 6.08. The van der Waals surface area contributed by atoms with Crippen LogP contribution in [0, 0.1) is 0 Å². The minimum Gasteiger partial charge on any atom is -0.493 e. The molecule has 0 saturated carbocycles. The Balaban J connectivity index is 2.48. The minimum atomic E-state index is 0.498. The van der Waals surface area contributed by atoms with Gasteiger partial charge in [0.25, 0.3) is 0 Å². The van der Waals surface area contributed by atoms with E-state index in [1.165, 1.54) is 0 Å². The van der Waals surface area contributed by atoms with Crippen molar-refractivity contribution in [2.75, 3.05) is 12.3 Å². The van der Waals surface area contributed by atoms with Gasteiger partial charge >= 0.3 is 0 Å². The van der Waals surface area contributed by atoms with Crippen LogP contribution in [0.25, 0.3) is 11.1 Å². The predicted molar refractivity (Wildman–Crippen MR) is 75.4 cm³/mol. The van der Waals surface area contributed by atoms with Gasteiger partial charge in [0.1, 0.15) is 5.75 Å². The van der Waals surface area contributed by atoms with E-state index < -0.39 is 0 Å². The number of hydrogen-bond donors (Lipinski definition) is 2. The zero-order chi connectivity index (χ0) is 13.0. The van der Waals surface area contributed by atoms with E-state index >= 15 is 0 Å². The van der Waals surface area contributed by atoms with Crippen molar-refractivity contribution >= 4 is 5.69 Å². The summed E-state index contributed by atoms with van der Waals surface area (Å²) in [6, 6.07) is 13.8. The summed E-state index contributed by atoms with van der Waals surface area (Å²) in [5.74, 6) is 0.854. The van der Waals surface area contributed by atoms with Gasteiger partial charge in [-0.05, 0) is 24.6 Å². The van der Waals surface area contributed by atoms with Gasteiger partial charge in [0.15, 0.2) is 0 Å². The highest BCUT2D eigenvalue weighted by molar-refractivity contribution is 5.80. The molecule has 4 N–H and O–H groups in total. The summed E-state index contributed by atoms with van der Waals surface area (Å²) >= 11 is 0. The van der Waals surface area contributed by atoms with Gasteiger partial charge in [0.05, 0.1) is 6.61 Å². The number of nitrogen functional groups attached to an aromatic ring is 1. The SMILES string of the molecule is CCOc1ccccc1-c1ccc(CN)cc1N. The molecule has 2 aromatic carbocycles. The standard InChI is InChI=1S/C15H18N2O/c1-2-18-15-6-4-3-5-13(15)12-8-7-11(10-16)9-14(12)17/h3-9H,2,10,16-17H2,1H3. The van der Waals surface area contributed by atoms with Crippen LogP contribution in [-0.4, -0.2) is 6.61 Å². The lowest BCUT2D eigenvalue weighted by Crippen LogP contribution is -2.00. The zero-order valence-corrected chi connectivity index (χ0v) is 10.5. The van der Waals surface area contributed by atoms with Crippen molar-refractivity contribution in [3.05, 3.63) is 48.0 Å². The van der Waals surface area contributed by atoms with Crippen molar-refractivity contribution in [2.45, 2.75) is 13.5 Å². The summed E-state index contributed by atoms with van der Waals surface area (Å²) in [6.07, 6.45) is 0. The van der Waals surface area contributed by atoms with Crippen molar-refractivity contribution in [3.8, 4) is 16.9 Å². The monoisotopic (exact) mass is 242 g/mol. The quantitative estimate of drug-likeness (QED) is 0.810. The number of nitrogens with two attached hydrogens (primary N) is 2. The average molecular weight is 242 g/mol. The van der Waals surface area contributed by atoms with Gasteiger partial charge in [-0.2, -0.15) is 0 Å². The zero-order valence-electron chi connectivity index (χ0n) is 10.5. The van der Waals surface area contributed by atoms with E-state index in [1.807, 2.05) is 49.4 Å². The second-order valence-electron chi connectivity index (χ2n) is 4.05. The third kappa shape index (κ3) is 2.46. The van der Waals surface area contributed by atoms with Gasteiger partial charge in [-0.1, -0.05) is 30.3 Å². The Morgan fingerprint density at radius 1 is 1.06 bits per heavy atom. The first-order valence-electron chi connectivity index (χ1n) is 6.07. The predicted octanol–water partition coefficient (Wildman–Crippen LogP) is 2.79. The fourth-order valence-corrected chi connectivity index (χ4v) is 1.95. The van der Waals surface area contributed by atoms with Crippen LogP contribution in [0.4, 0.5) is 5.69 Å². The molecule has 0 unspecified atom stereocenters. The molecule has 18 heavy (non-hydrogen) atoms. The molecule has 3 heteroatoms. The van der Waals surface area contributed by atoms with Gasteiger partial charge in [0, 0.05) is 23.4 Å². The van der Waals surface area contributed by atoms with Crippen LogP contribution >= 0.6 is 0 Å². The van der Waals surface area contributed by atoms with E-state index in [4.69, 9.17) is 16.2 Å². The van der Waals surface area contributed by atoms with E-state index in [0.29, 0.717) is 13.2 Å². The molecule has 0 saturated heterocycles. The molecule has 3 nitrogen and oxygen atoms in total. The third-order valence-corrected chi connectivity index (χ3v) is 2.83. The van der Waals surface area contributed by atoms with Crippen molar-refractivity contribution in [2.24, 2.45) is 5.73 Å². The normalized spacial score (nSPS) is 10.3. The fourth-order valence-electron chi connectivity index (χ4n) is 1.95. The molecule has 0 spiro atoms. The Morgan fingerprint density at radius 3 is 2.50 bits per heavy atom. The van der Waals surface area contributed by atoms with E-state index in [-0.39, 0.29) is 0 Å². The number of hydrogen-bond acceptors (Lipinski definition) is 3. The molecule has 2 rings (SSSR count). The molecular weight excluding hydrogens is 224 g/mol. The van der Waals surface area contributed by atoms with Crippen LogP contribution < -0.4 is 16.2 Å². The Morgan fingerprint density at radius 2 is 1.83 bits per heavy atom. The molecule has 0 aliphatic carbocycles. The van der Waals surface area contributed by atoms with Gasteiger partial charge in [-0.25, -0.2) is 0 Å². The first-order valence-corrected chi connectivity index (χ1v) is 6.07. The molecule has 0 aliphatic rings. The average Bonchev–Trinajstić information content (AvgIpc) is 2.40. The van der Waals surface area contributed by atoms with E-state index in [2.05, 4.69) is 0 Å². The number of benzene rings is 2. The molecule has 0 bridgehead atoms. The minimum absolute atomic E-state index is 0.498. The molecule has 94 valence electrons. The lowest BCUT2D eigenvalue weighted by molar-refractivity contribution is 0.341. The molecule has 0 radical (unpaired) electrons. The van der Waals surface area contributed by atoms with Crippen LogP contribution in [0.3, 0.4) is 0 Å². The summed E-state index contributed by atoms with van der Waals surface area (Å²) in [6.45, 7) is 3.10. The first-order chi connectivity index (χ1) is 8.76. The lowest BCUT2D eigenvalue weighted by Gasteiger charge is -2.12. The smallest absolute Gasteiger partial charge is 0.127 e. The van der Waals surface area contributed by atoms with Crippen molar-refractivity contribution in [1.82, 2.24) is 0 Å². The summed E-state index contributed by atoms with van der Waals surface area (Å²) in [5.41, 5.74) is 15.4. The molecule has 0 aliphatic heterocycles. The van der Waals surface area contributed by atoms with E-state index in [9.17, 15) is 0 Å². The topological polar surface area (TPSA) is 61.3 Å². The number of ether oxygens (including phenoxy) is 1. The summed E-state index contributed by atoms with van der Waals surface area (Å²) in [7, 11) is 0. The highest BCUT2D eigenvalue weighted by Crippen LogP contribution is 2.34. The molecule has 0 amide bonds. The second-order valence-corrected chi connectivity index (χ2v) is 4.05. The summed E-state index contributed by atoms with van der Waals surface area (Å²) in [4.78, 5) is 0. The van der Waals surface area contributed by atoms with Crippen molar-refractivity contribution in [3.63, 3.8) is 0 Å². The fraction of sp³-hybridized carbons (Fsp3) is 0.200. The van der Waals surface area contributed by atoms with Gasteiger partial charge < -0.3 is 16.2 Å². The van der Waals surface area contributed by atoms with E-state index in [1.54, 1.807) is 0 Å². The number of para-hydroxylation sites is 1. The van der Waals surface area contributed by atoms with Crippen molar-refractivity contribution in [1.29, 1.82) is 0 Å². The second kappa shape index (κ2) is 5.56. The lowest BCUT2D eigenvalue weighted by atomic mass is 10.0. The van der Waals surface area contributed by atoms with Crippen LogP contribution in [0.15, 0.2) is 42.5 Å². The van der Waals surface area contributed by atoms with Gasteiger partial charge in [-0.15, -0.1) is 0 Å². The molecular formula is C15H18N2O. The third-order valence-electron chi connectivity index (χ3n) is 2.83. The van der Waals surface area contributed by atoms with E-state index in [0.717, 1.165) is 28.1 Å². The molecule has 0 aromatic heterocycles. The first kappa shape index (κ1) is 12.5. The maximum Gasteiger partial charge on any atom is 0.127 e. The Hall–Kier alpha value is -2.00. The Labute approximate surface area is 107 Å². The van der Waals surface area contributed by atoms with Crippen LogP contribution in [0.2, 0.25) is 0 Å². The summed E-state index contributed by atoms with van der Waals surface area (Å²) in [5, 5.41) is 0. The Kier molecular flexibility index (Phi) is 3.85. The highest BCUT2D eigenvalue weighted by atomic mass is 16.5. The van der Waals surface area contributed by atoms with Gasteiger partial charge in [-0.3, -0.25) is 0 Å². The molecule has 0 fully saturated rings.